The molecule has 134 valence electrons. The van der Waals surface area contributed by atoms with E-state index in [9.17, 15) is 4.79 Å². The second-order valence-electron chi connectivity index (χ2n) is 5.50. The summed E-state index contributed by atoms with van der Waals surface area (Å²) in [6.45, 7) is 3.91. The number of nitrogens with zero attached hydrogens (tertiary/aromatic N) is 3. The average molecular weight is 370 g/mol. The Bertz CT molecular complexity index is 909. The maximum atomic E-state index is 12.3. The number of rotatable bonds is 6. The topological polar surface area (TPSA) is 86.2 Å². The molecule has 2 aromatic heterocycles. The molecule has 0 unspecified atom stereocenters. The first-order valence-electron chi connectivity index (χ1n) is 8.01. The summed E-state index contributed by atoms with van der Waals surface area (Å²) in [6.07, 6.45) is 2.19. The Morgan fingerprint density at radius 1 is 1.23 bits per heavy atom. The van der Waals surface area contributed by atoms with Crippen LogP contribution in [-0.4, -0.2) is 27.6 Å². The number of hydrogen-bond acceptors (Lipinski definition) is 7. The number of methoxy groups -OCH3 is 1. The van der Waals surface area contributed by atoms with Gasteiger partial charge in [0.1, 0.15) is 4.88 Å². The molecule has 0 radical (unpaired) electrons. The molecule has 7 nitrogen and oxygen atoms in total. The molecule has 1 aromatic carbocycles. The third-order valence-electron chi connectivity index (χ3n) is 3.62. The third-order valence-corrected chi connectivity index (χ3v) is 4.39. The van der Waals surface area contributed by atoms with E-state index in [0.717, 1.165) is 17.1 Å². The Balaban J connectivity index is 1.70. The molecule has 1 amide bonds. The predicted octanol–water partition coefficient (Wildman–Crippen LogP) is 3.86. The van der Waals surface area contributed by atoms with Gasteiger partial charge in [-0.1, -0.05) is 17.5 Å². The predicted molar refractivity (Wildman–Crippen MR) is 99.3 cm³/mol. The fourth-order valence-electron chi connectivity index (χ4n) is 2.29. The van der Waals surface area contributed by atoms with Gasteiger partial charge in [-0.3, -0.25) is 4.79 Å². The normalized spacial score (nSPS) is 10.4. The van der Waals surface area contributed by atoms with Gasteiger partial charge in [0, 0.05) is 6.07 Å². The first-order valence-corrected chi connectivity index (χ1v) is 8.79. The minimum absolute atomic E-state index is 0.243. The molecule has 0 aliphatic heterocycles. The van der Waals surface area contributed by atoms with Crippen LogP contribution in [0.4, 0.5) is 5.69 Å². The molecular formula is C18H18N4O3S. The van der Waals surface area contributed by atoms with Crippen molar-refractivity contribution in [2.75, 3.05) is 12.4 Å². The molecule has 3 aromatic rings. The minimum Gasteiger partial charge on any atom is -0.493 e. The van der Waals surface area contributed by atoms with E-state index in [1.807, 2.05) is 32.0 Å². The van der Waals surface area contributed by atoms with Crippen molar-refractivity contribution < 1.29 is 14.3 Å². The quantitative estimate of drug-likeness (QED) is 0.709. The van der Waals surface area contributed by atoms with Crippen LogP contribution in [0.1, 0.15) is 27.9 Å². The van der Waals surface area contributed by atoms with Gasteiger partial charge in [0.05, 0.1) is 24.7 Å². The number of benzene rings is 1. The Morgan fingerprint density at radius 2 is 2.08 bits per heavy atom. The van der Waals surface area contributed by atoms with Crippen molar-refractivity contribution >= 4 is 23.1 Å². The Labute approximate surface area is 155 Å². The molecular weight excluding hydrogens is 352 g/mol. The van der Waals surface area contributed by atoms with Crippen LogP contribution in [0.5, 0.6) is 17.4 Å². The van der Waals surface area contributed by atoms with E-state index in [2.05, 4.69) is 19.9 Å². The Morgan fingerprint density at radius 3 is 2.77 bits per heavy atom. The highest BCUT2D eigenvalue weighted by atomic mass is 32.1. The monoisotopic (exact) mass is 370 g/mol. The van der Waals surface area contributed by atoms with Gasteiger partial charge in [-0.05, 0) is 48.6 Å². The van der Waals surface area contributed by atoms with Crippen molar-refractivity contribution in [3.05, 3.63) is 52.7 Å². The van der Waals surface area contributed by atoms with Gasteiger partial charge in [-0.2, -0.15) is 0 Å². The third kappa shape index (κ3) is 3.97. The summed E-state index contributed by atoms with van der Waals surface area (Å²) in [6, 6.07) is 9.05. The second-order valence-corrected chi connectivity index (χ2v) is 6.25. The molecule has 1 N–H and O–H groups in total. The molecule has 0 saturated carbocycles. The molecule has 0 saturated heterocycles. The number of hydrogen-bond donors (Lipinski definition) is 1. The van der Waals surface area contributed by atoms with E-state index in [1.54, 1.807) is 19.2 Å². The number of ether oxygens (including phenoxy) is 2. The SMILES string of the molecule is CCc1nnsc1C(=O)Nc1ccc(Oc2ccc(C)cc2OC)nc1. The summed E-state index contributed by atoms with van der Waals surface area (Å²) in [5.41, 5.74) is 2.32. The summed E-state index contributed by atoms with van der Waals surface area (Å²) in [7, 11) is 1.59. The van der Waals surface area contributed by atoms with Crippen molar-refractivity contribution in [3.8, 4) is 17.4 Å². The highest BCUT2D eigenvalue weighted by Gasteiger charge is 2.15. The zero-order chi connectivity index (χ0) is 18.5. The lowest BCUT2D eigenvalue weighted by atomic mass is 10.2. The first-order chi connectivity index (χ1) is 12.6. The van der Waals surface area contributed by atoms with E-state index in [-0.39, 0.29) is 5.91 Å². The molecule has 3 rings (SSSR count). The van der Waals surface area contributed by atoms with Crippen LogP contribution >= 0.6 is 11.5 Å². The van der Waals surface area contributed by atoms with Gasteiger partial charge in [0.25, 0.3) is 5.91 Å². The summed E-state index contributed by atoms with van der Waals surface area (Å²) in [4.78, 5) is 17.0. The van der Waals surface area contributed by atoms with Crippen molar-refractivity contribution in [1.82, 2.24) is 14.6 Å². The summed E-state index contributed by atoms with van der Waals surface area (Å²) < 4.78 is 14.9. The second kappa shape index (κ2) is 7.92. The van der Waals surface area contributed by atoms with Gasteiger partial charge >= 0.3 is 0 Å². The molecule has 0 aliphatic rings. The standard InChI is InChI=1S/C18H18N4O3S/c1-4-13-17(26-22-21-13)18(23)20-12-6-8-16(19-10-12)25-14-7-5-11(2)9-15(14)24-3/h5-10H,4H2,1-3H3,(H,20,23). The maximum absolute atomic E-state index is 12.3. The molecule has 0 fully saturated rings. The van der Waals surface area contributed by atoms with Gasteiger partial charge in [0.15, 0.2) is 11.5 Å². The molecule has 0 atom stereocenters. The summed E-state index contributed by atoms with van der Waals surface area (Å²) in [5, 5.41) is 6.73. The van der Waals surface area contributed by atoms with E-state index < -0.39 is 0 Å². The van der Waals surface area contributed by atoms with Crippen LogP contribution in [0.3, 0.4) is 0 Å². The number of carbonyl (C=O) groups is 1. The number of aromatic nitrogens is 3. The van der Waals surface area contributed by atoms with Gasteiger partial charge in [-0.25, -0.2) is 4.98 Å². The van der Waals surface area contributed by atoms with Crippen LogP contribution in [0.25, 0.3) is 0 Å². The average Bonchev–Trinajstić information content (AvgIpc) is 3.13. The van der Waals surface area contributed by atoms with Crippen molar-refractivity contribution in [3.63, 3.8) is 0 Å². The molecule has 8 heteroatoms. The summed E-state index contributed by atoms with van der Waals surface area (Å²) in [5.74, 6) is 1.37. The molecule has 0 bridgehead atoms. The fourth-order valence-corrected chi connectivity index (χ4v) is 2.93. The lowest BCUT2D eigenvalue weighted by Gasteiger charge is -2.10. The highest BCUT2D eigenvalue weighted by Crippen LogP contribution is 2.31. The molecule has 0 spiro atoms. The summed E-state index contributed by atoms with van der Waals surface area (Å²) >= 11 is 1.08. The Kier molecular flexibility index (Phi) is 5.43. The van der Waals surface area contributed by atoms with E-state index in [0.29, 0.717) is 40.1 Å². The van der Waals surface area contributed by atoms with Gasteiger partial charge < -0.3 is 14.8 Å². The number of nitrogens with one attached hydrogen (secondary N) is 1. The van der Waals surface area contributed by atoms with Crippen LogP contribution < -0.4 is 14.8 Å². The lowest BCUT2D eigenvalue weighted by Crippen LogP contribution is -2.12. The van der Waals surface area contributed by atoms with Crippen LogP contribution in [0.15, 0.2) is 36.5 Å². The fraction of sp³-hybridized carbons (Fsp3) is 0.222. The van der Waals surface area contributed by atoms with E-state index in [4.69, 9.17) is 9.47 Å². The van der Waals surface area contributed by atoms with Crippen LogP contribution in [0.2, 0.25) is 0 Å². The van der Waals surface area contributed by atoms with E-state index in [1.165, 1.54) is 6.20 Å². The molecule has 26 heavy (non-hydrogen) atoms. The number of pyridine rings is 1. The molecule has 2 heterocycles. The van der Waals surface area contributed by atoms with Crippen molar-refractivity contribution in [1.29, 1.82) is 0 Å². The zero-order valence-corrected chi connectivity index (χ0v) is 15.5. The van der Waals surface area contributed by atoms with Crippen LogP contribution in [0, 0.1) is 6.92 Å². The maximum Gasteiger partial charge on any atom is 0.269 e. The van der Waals surface area contributed by atoms with Gasteiger partial charge in [0.2, 0.25) is 5.88 Å². The highest BCUT2D eigenvalue weighted by molar-refractivity contribution is 7.08. The lowest BCUT2D eigenvalue weighted by molar-refractivity contribution is 0.102. The van der Waals surface area contributed by atoms with Crippen molar-refractivity contribution in [2.45, 2.75) is 20.3 Å². The number of anilines is 1. The van der Waals surface area contributed by atoms with Crippen LogP contribution in [-0.2, 0) is 6.42 Å². The Hall–Kier alpha value is -3.00. The number of aryl methyl sites for hydroxylation is 2. The van der Waals surface area contributed by atoms with Crippen molar-refractivity contribution in [2.24, 2.45) is 0 Å². The smallest absolute Gasteiger partial charge is 0.269 e. The van der Waals surface area contributed by atoms with Gasteiger partial charge in [-0.15, -0.1) is 5.10 Å². The largest absolute Gasteiger partial charge is 0.493 e. The first kappa shape index (κ1) is 17.8. The molecule has 0 aliphatic carbocycles. The minimum atomic E-state index is -0.243. The van der Waals surface area contributed by atoms with E-state index >= 15 is 0 Å². The number of amides is 1. The zero-order valence-electron chi connectivity index (χ0n) is 14.6. The number of carbonyl (C=O) groups excluding carboxylic acids is 1.